The van der Waals surface area contributed by atoms with E-state index >= 15 is 0 Å². The molecule has 0 aromatic rings. The van der Waals surface area contributed by atoms with Gasteiger partial charge in [0.05, 0.1) is 34.9 Å². The van der Waals surface area contributed by atoms with Gasteiger partial charge in [-0.2, -0.15) is 0 Å². The van der Waals surface area contributed by atoms with E-state index < -0.39 is 7.80 Å². The van der Waals surface area contributed by atoms with E-state index in [4.69, 9.17) is 0 Å². The highest BCUT2D eigenvalue weighted by Crippen LogP contribution is 2.22. The first-order chi connectivity index (χ1) is 6.60. The van der Waals surface area contributed by atoms with E-state index in [1.807, 2.05) is 0 Å². The van der Waals surface area contributed by atoms with Gasteiger partial charge in [-0.3, -0.25) is 14.2 Å². The lowest BCUT2D eigenvalue weighted by atomic mass is 10.5. The Morgan fingerprint density at radius 2 is 1.36 bits per heavy atom. The number of rotatable bonds is 6. The summed E-state index contributed by atoms with van der Waals surface area (Å²) in [6.45, 7) is 0. The molecule has 0 aliphatic rings. The summed E-state index contributed by atoms with van der Waals surface area (Å²) in [5.41, 5.74) is 0. The third-order valence-electron chi connectivity index (χ3n) is 1.59. The molecule has 1 radical (unpaired) electrons. The van der Waals surface area contributed by atoms with Crippen LogP contribution in [0.25, 0.3) is 0 Å². The summed E-state index contributed by atoms with van der Waals surface area (Å²) in [5.74, 6) is -0.766. The van der Waals surface area contributed by atoms with Crippen molar-refractivity contribution in [1.82, 2.24) is 0 Å². The summed E-state index contributed by atoms with van der Waals surface area (Å²) < 4.78 is 20.0. The molecule has 0 unspecified atom stereocenters. The molecule has 0 aromatic heterocycles. The minimum absolute atomic E-state index is 0.132. The van der Waals surface area contributed by atoms with E-state index in [0.717, 1.165) is 0 Å². The van der Waals surface area contributed by atoms with Gasteiger partial charge in [-0.15, -0.1) is 0 Å². The highest BCUT2D eigenvalue weighted by atomic mass is 31.1. The second-order valence-electron chi connectivity index (χ2n) is 2.58. The molecule has 0 aliphatic heterocycles. The average molecular weight is 221 g/mol. The molecule has 0 N–H and O–H groups in total. The Hall–Kier alpha value is -0.960. The predicted molar refractivity (Wildman–Crippen MR) is 50.6 cm³/mol. The normalized spacial score (nSPS) is 9.29. The molecule has 0 amide bonds. The third kappa shape index (κ3) is 6.54. The Kier molecular flexibility index (Phi) is 6.93. The molecule has 0 saturated carbocycles. The van der Waals surface area contributed by atoms with E-state index in [0.29, 0.717) is 0 Å². The maximum Gasteiger partial charge on any atom is 0.306 e. The van der Waals surface area contributed by atoms with Crippen LogP contribution < -0.4 is 0 Å². The minimum Gasteiger partial charge on any atom is -0.469 e. The standard InChI is InChI=1S/C8H14O5P/c1-12-7(9)3-5-14(11)6-4-8(10)13-2/h3-6H2,1-2H3. The smallest absolute Gasteiger partial charge is 0.306 e. The first kappa shape index (κ1) is 13.0. The van der Waals surface area contributed by atoms with Crippen LogP contribution in [0.5, 0.6) is 0 Å². The summed E-state index contributed by atoms with van der Waals surface area (Å²) in [6.07, 6.45) is 0.789. The molecule has 0 aromatic carbocycles. The molecule has 0 atom stereocenters. The molecule has 0 spiro atoms. The Morgan fingerprint density at radius 1 is 1.00 bits per heavy atom. The SMILES string of the molecule is COC(=O)CC[P](=O)CCC(=O)OC. The van der Waals surface area contributed by atoms with Crippen LogP contribution in [-0.2, 0) is 23.6 Å². The second-order valence-corrected chi connectivity index (χ2v) is 4.44. The van der Waals surface area contributed by atoms with Crippen molar-refractivity contribution in [1.29, 1.82) is 0 Å². The molecule has 0 bridgehead atoms. The van der Waals surface area contributed by atoms with Crippen LogP contribution in [0.2, 0.25) is 0 Å². The predicted octanol–water partition coefficient (Wildman–Crippen LogP) is 0.940. The zero-order chi connectivity index (χ0) is 11.0. The van der Waals surface area contributed by atoms with Crippen LogP contribution in [0.4, 0.5) is 0 Å². The quantitative estimate of drug-likeness (QED) is 0.493. The summed E-state index contributed by atoms with van der Waals surface area (Å²) in [4.78, 5) is 21.3. The van der Waals surface area contributed by atoms with Crippen molar-refractivity contribution in [3.8, 4) is 0 Å². The van der Waals surface area contributed by atoms with Crippen molar-refractivity contribution in [3.63, 3.8) is 0 Å². The number of esters is 2. The van der Waals surface area contributed by atoms with E-state index in [2.05, 4.69) is 9.47 Å². The third-order valence-corrected chi connectivity index (χ3v) is 3.03. The van der Waals surface area contributed by atoms with Gasteiger partial charge in [-0.25, -0.2) is 0 Å². The number of carbonyl (C=O) groups is 2. The fraction of sp³-hybridized carbons (Fsp3) is 0.750. The Morgan fingerprint density at radius 3 is 1.64 bits per heavy atom. The van der Waals surface area contributed by atoms with Crippen molar-refractivity contribution in [2.24, 2.45) is 0 Å². The highest BCUT2D eigenvalue weighted by Gasteiger charge is 2.08. The first-order valence-corrected chi connectivity index (χ1v) is 5.79. The number of ether oxygens (including phenoxy) is 2. The molecule has 5 nitrogen and oxygen atoms in total. The molecular formula is C8H14O5P. The van der Waals surface area contributed by atoms with Gasteiger partial charge in [0.2, 0.25) is 0 Å². The molecule has 6 heteroatoms. The van der Waals surface area contributed by atoms with Gasteiger partial charge < -0.3 is 9.47 Å². The van der Waals surface area contributed by atoms with Crippen LogP contribution in [0.15, 0.2) is 0 Å². The van der Waals surface area contributed by atoms with Gasteiger partial charge in [-0.1, -0.05) is 0 Å². The van der Waals surface area contributed by atoms with Gasteiger partial charge in [0, 0.05) is 12.3 Å². The van der Waals surface area contributed by atoms with Crippen molar-refractivity contribution < 1.29 is 23.6 Å². The molecule has 0 heterocycles. The number of methoxy groups -OCH3 is 2. The highest BCUT2D eigenvalue weighted by molar-refractivity contribution is 7.44. The summed E-state index contributed by atoms with van der Waals surface area (Å²) >= 11 is 0. The van der Waals surface area contributed by atoms with Crippen molar-refractivity contribution >= 4 is 19.7 Å². The zero-order valence-electron chi connectivity index (χ0n) is 8.32. The lowest BCUT2D eigenvalue weighted by Gasteiger charge is -2.00. The van der Waals surface area contributed by atoms with Gasteiger partial charge in [0.1, 0.15) is 0 Å². The second kappa shape index (κ2) is 7.44. The van der Waals surface area contributed by atoms with Crippen molar-refractivity contribution in [3.05, 3.63) is 0 Å². The number of hydrogen-bond donors (Lipinski definition) is 0. The van der Waals surface area contributed by atoms with Gasteiger partial charge in [-0.05, 0) is 0 Å². The number of hydrogen-bond acceptors (Lipinski definition) is 5. The molecule has 0 rings (SSSR count). The Balaban J connectivity index is 3.56. The van der Waals surface area contributed by atoms with Crippen molar-refractivity contribution in [2.75, 3.05) is 26.5 Å². The fourth-order valence-corrected chi connectivity index (χ4v) is 1.84. The van der Waals surface area contributed by atoms with E-state index in [1.165, 1.54) is 14.2 Å². The Labute approximate surface area is 83.5 Å². The van der Waals surface area contributed by atoms with E-state index in [-0.39, 0.29) is 37.1 Å². The van der Waals surface area contributed by atoms with Crippen LogP contribution in [0, 0.1) is 0 Å². The lowest BCUT2D eigenvalue weighted by molar-refractivity contribution is -0.140. The van der Waals surface area contributed by atoms with Crippen LogP contribution in [0.1, 0.15) is 12.8 Å². The maximum absolute atomic E-state index is 11.2. The fourth-order valence-electron chi connectivity index (χ4n) is 0.748. The zero-order valence-corrected chi connectivity index (χ0v) is 9.21. The summed E-state index contributed by atoms with van der Waals surface area (Å²) in [6, 6.07) is 0. The minimum atomic E-state index is -1.51. The number of carbonyl (C=O) groups excluding carboxylic acids is 2. The molecule has 14 heavy (non-hydrogen) atoms. The van der Waals surface area contributed by atoms with Gasteiger partial charge >= 0.3 is 11.9 Å². The molecule has 0 saturated heterocycles. The Bertz CT molecular complexity index is 204. The molecule has 0 aliphatic carbocycles. The van der Waals surface area contributed by atoms with Gasteiger partial charge in [0.25, 0.3) is 0 Å². The van der Waals surface area contributed by atoms with Crippen molar-refractivity contribution in [2.45, 2.75) is 12.8 Å². The van der Waals surface area contributed by atoms with E-state index in [1.54, 1.807) is 0 Å². The molecule has 0 fully saturated rings. The maximum atomic E-state index is 11.2. The van der Waals surface area contributed by atoms with Gasteiger partial charge in [0.15, 0.2) is 0 Å². The monoisotopic (exact) mass is 221 g/mol. The summed E-state index contributed by atoms with van der Waals surface area (Å²) in [5, 5.41) is 0. The molecule has 81 valence electrons. The molecular weight excluding hydrogens is 207 g/mol. The average Bonchev–Trinajstić information content (AvgIpc) is 2.22. The first-order valence-electron chi connectivity index (χ1n) is 4.16. The van der Waals surface area contributed by atoms with Crippen LogP contribution in [0.3, 0.4) is 0 Å². The lowest BCUT2D eigenvalue weighted by Crippen LogP contribution is -2.04. The van der Waals surface area contributed by atoms with E-state index in [9.17, 15) is 14.2 Å². The largest absolute Gasteiger partial charge is 0.469 e. The van der Waals surface area contributed by atoms with Crippen LogP contribution in [-0.4, -0.2) is 38.5 Å². The van der Waals surface area contributed by atoms with Crippen LogP contribution >= 0.6 is 7.80 Å². The topological polar surface area (TPSA) is 69.7 Å². The summed E-state index contributed by atoms with van der Waals surface area (Å²) in [7, 11) is 1.05.